The molecule has 28 heavy (non-hydrogen) atoms. The number of nitrogens with zero attached hydrogens (tertiary/aromatic N) is 3. The highest BCUT2D eigenvalue weighted by molar-refractivity contribution is 5.79. The molecule has 2 rings (SSSR count). The van der Waals surface area contributed by atoms with Crippen LogP contribution in [0.5, 0.6) is 0 Å². The Bertz CT molecular complexity index is 805. The molecule has 2 aromatic rings. The van der Waals surface area contributed by atoms with E-state index in [1.807, 2.05) is 0 Å². The molecule has 0 aliphatic rings. The lowest BCUT2D eigenvalue weighted by Gasteiger charge is -2.12. The zero-order chi connectivity index (χ0) is 20.9. The number of rotatable bonds is 5. The first-order valence-electron chi connectivity index (χ1n) is 8.28. The second-order valence-corrected chi connectivity index (χ2v) is 5.92. The van der Waals surface area contributed by atoms with Gasteiger partial charge in [-0.05, 0) is 24.6 Å². The maximum Gasteiger partial charge on any atom is 0.435 e. The normalized spacial score (nSPS) is 12.9. The number of aryl methyl sites for hydroxylation is 1. The third-order valence-corrected chi connectivity index (χ3v) is 3.66. The first kappa shape index (κ1) is 21.6. The van der Waals surface area contributed by atoms with Crippen molar-refractivity contribution in [1.29, 1.82) is 0 Å². The summed E-state index contributed by atoms with van der Waals surface area (Å²) in [7, 11) is 1.39. The van der Waals surface area contributed by atoms with E-state index < -0.39 is 23.6 Å². The Hall–Kier alpha value is -2.72. The third-order valence-electron chi connectivity index (χ3n) is 3.66. The predicted octanol–water partition coefficient (Wildman–Crippen LogP) is 3.71. The van der Waals surface area contributed by atoms with Gasteiger partial charge >= 0.3 is 12.4 Å². The highest BCUT2D eigenvalue weighted by Gasteiger charge is 2.36. The van der Waals surface area contributed by atoms with Gasteiger partial charge in [-0.25, -0.2) is 4.99 Å². The Kier molecular flexibility index (Phi) is 6.57. The molecular weight excluding hydrogens is 388 g/mol. The molecule has 0 aliphatic heterocycles. The molecule has 1 aromatic carbocycles. The summed E-state index contributed by atoms with van der Waals surface area (Å²) in [5.41, 5.74) is -1.26. The largest absolute Gasteiger partial charge is 0.435 e. The van der Waals surface area contributed by atoms with Gasteiger partial charge in [-0.3, -0.25) is 4.68 Å². The molecule has 0 saturated heterocycles. The van der Waals surface area contributed by atoms with Crippen LogP contribution < -0.4 is 10.6 Å². The van der Waals surface area contributed by atoms with Crippen LogP contribution in [0.15, 0.2) is 35.5 Å². The van der Waals surface area contributed by atoms with Crippen LogP contribution in [-0.2, 0) is 32.5 Å². The molecule has 2 N–H and O–H groups in total. The lowest BCUT2D eigenvalue weighted by Crippen LogP contribution is -2.37. The molecule has 0 aliphatic carbocycles. The molecule has 0 fully saturated rings. The van der Waals surface area contributed by atoms with E-state index in [9.17, 15) is 26.3 Å². The van der Waals surface area contributed by atoms with Gasteiger partial charge in [-0.1, -0.05) is 12.1 Å². The average Bonchev–Trinajstić information content (AvgIpc) is 2.98. The average molecular weight is 407 g/mol. The summed E-state index contributed by atoms with van der Waals surface area (Å²) in [4.78, 5) is 4.19. The summed E-state index contributed by atoms with van der Waals surface area (Å²) >= 11 is 0. The molecule has 1 heterocycles. The summed E-state index contributed by atoms with van der Waals surface area (Å²) < 4.78 is 77.8. The number of aliphatic imine (C=N–C) groups is 1. The van der Waals surface area contributed by atoms with Crippen molar-refractivity contribution in [3.63, 3.8) is 0 Å². The van der Waals surface area contributed by atoms with Crippen molar-refractivity contribution >= 4 is 5.96 Å². The molecule has 0 amide bonds. The fourth-order valence-corrected chi connectivity index (χ4v) is 2.40. The van der Waals surface area contributed by atoms with E-state index in [4.69, 9.17) is 0 Å². The number of guanidine groups is 1. The van der Waals surface area contributed by atoms with Crippen molar-refractivity contribution < 1.29 is 26.3 Å². The van der Waals surface area contributed by atoms with Gasteiger partial charge < -0.3 is 10.6 Å². The standard InChI is InChI=1S/C17H19F6N5/c1-3-24-15(25-8-11-4-6-13(7-5-11)16(18,19)20)26-9-12-10-28(2)27-14(12)17(21,22)23/h4-7,10H,3,8-9H2,1-2H3,(H2,24,25,26). The number of nitrogens with one attached hydrogen (secondary N) is 2. The van der Waals surface area contributed by atoms with Crippen molar-refractivity contribution in [1.82, 2.24) is 20.4 Å². The second kappa shape index (κ2) is 8.53. The van der Waals surface area contributed by atoms with Crippen LogP contribution in [0, 0.1) is 0 Å². The van der Waals surface area contributed by atoms with Gasteiger partial charge in [0.05, 0.1) is 12.1 Å². The van der Waals surface area contributed by atoms with Gasteiger partial charge in [0.25, 0.3) is 0 Å². The molecule has 0 saturated carbocycles. The van der Waals surface area contributed by atoms with E-state index in [1.54, 1.807) is 6.92 Å². The van der Waals surface area contributed by atoms with Crippen LogP contribution in [-0.4, -0.2) is 22.3 Å². The van der Waals surface area contributed by atoms with Crippen molar-refractivity contribution in [2.45, 2.75) is 32.4 Å². The monoisotopic (exact) mass is 407 g/mol. The van der Waals surface area contributed by atoms with Crippen LogP contribution in [0.4, 0.5) is 26.3 Å². The first-order chi connectivity index (χ1) is 13.0. The Balaban J connectivity index is 2.07. The first-order valence-corrected chi connectivity index (χ1v) is 8.28. The van der Waals surface area contributed by atoms with E-state index >= 15 is 0 Å². The molecule has 154 valence electrons. The number of benzene rings is 1. The van der Waals surface area contributed by atoms with Crippen molar-refractivity contribution in [2.75, 3.05) is 6.54 Å². The minimum atomic E-state index is -4.58. The third kappa shape index (κ3) is 5.89. The maximum atomic E-state index is 13.0. The van der Waals surface area contributed by atoms with Crippen LogP contribution in [0.2, 0.25) is 0 Å². The molecule has 11 heteroatoms. The molecule has 0 unspecified atom stereocenters. The molecule has 1 aromatic heterocycles. The predicted molar refractivity (Wildman–Crippen MR) is 91.3 cm³/mol. The Labute approximate surface area is 157 Å². The van der Waals surface area contributed by atoms with Crippen LogP contribution in [0.25, 0.3) is 0 Å². The second-order valence-electron chi connectivity index (χ2n) is 5.92. The SMILES string of the molecule is CCNC(=NCc1ccc(C(F)(F)F)cc1)NCc1cn(C)nc1C(F)(F)F. The number of hydrogen-bond donors (Lipinski definition) is 2. The van der Waals surface area contributed by atoms with Crippen molar-refractivity contribution in [2.24, 2.45) is 12.0 Å². The van der Waals surface area contributed by atoms with Gasteiger partial charge in [-0.2, -0.15) is 31.4 Å². The maximum absolute atomic E-state index is 13.0. The van der Waals surface area contributed by atoms with Crippen molar-refractivity contribution in [3.05, 3.63) is 52.8 Å². The van der Waals surface area contributed by atoms with Gasteiger partial charge in [0.1, 0.15) is 0 Å². The van der Waals surface area contributed by atoms with Gasteiger partial charge in [0.2, 0.25) is 0 Å². The van der Waals surface area contributed by atoms with Gasteiger partial charge in [-0.15, -0.1) is 0 Å². The summed E-state index contributed by atoms with van der Waals surface area (Å²) in [6.45, 7) is 2.13. The lowest BCUT2D eigenvalue weighted by atomic mass is 10.1. The Morgan fingerprint density at radius 1 is 1.04 bits per heavy atom. The van der Waals surface area contributed by atoms with E-state index in [0.29, 0.717) is 12.1 Å². The Morgan fingerprint density at radius 3 is 2.21 bits per heavy atom. The summed E-state index contributed by atoms with van der Waals surface area (Å²) in [6, 6.07) is 4.52. The van der Waals surface area contributed by atoms with Crippen LogP contribution >= 0.6 is 0 Å². The molecule has 5 nitrogen and oxygen atoms in total. The van der Waals surface area contributed by atoms with Crippen molar-refractivity contribution in [3.8, 4) is 0 Å². The van der Waals surface area contributed by atoms with E-state index in [2.05, 4.69) is 20.7 Å². The summed E-state index contributed by atoms with van der Waals surface area (Å²) in [6.07, 6.45) is -7.73. The van der Waals surface area contributed by atoms with Crippen LogP contribution in [0.3, 0.4) is 0 Å². The Morgan fingerprint density at radius 2 is 1.68 bits per heavy atom. The number of alkyl halides is 6. The van der Waals surface area contributed by atoms with Gasteiger partial charge in [0.15, 0.2) is 11.7 Å². The fraction of sp³-hybridized carbons (Fsp3) is 0.412. The van der Waals surface area contributed by atoms with E-state index in [1.165, 1.54) is 25.4 Å². The fourth-order valence-electron chi connectivity index (χ4n) is 2.40. The minimum Gasteiger partial charge on any atom is -0.357 e. The van der Waals surface area contributed by atoms with E-state index in [-0.39, 0.29) is 24.6 Å². The van der Waals surface area contributed by atoms with Crippen LogP contribution in [0.1, 0.15) is 29.3 Å². The smallest absolute Gasteiger partial charge is 0.357 e. The molecule has 0 atom stereocenters. The lowest BCUT2D eigenvalue weighted by molar-refractivity contribution is -0.142. The van der Waals surface area contributed by atoms with E-state index in [0.717, 1.165) is 16.8 Å². The van der Waals surface area contributed by atoms with Gasteiger partial charge in [0, 0.05) is 31.9 Å². The number of halogens is 6. The highest BCUT2D eigenvalue weighted by Crippen LogP contribution is 2.30. The molecule has 0 radical (unpaired) electrons. The zero-order valence-corrected chi connectivity index (χ0v) is 15.1. The zero-order valence-electron chi connectivity index (χ0n) is 15.1. The summed E-state index contributed by atoms with van der Waals surface area (Å²) in [5.74, 6) is 0.236. The number of aromatic nitrogens is 2. The molecule has 0 bridgehead atoms. The molecule has 0 spiro atoms. The highest BCUT2D eigenvalue weighted by atomic mass is 19.4. The summed E-state index contributed by atoms with van der Waals surface area (Å²) in [5, 5.41) is 9.08. The topological polar surface area (TPSA) is 54.2 Å². The number of hydrogen-bond acceptors (Lipinski definition) is 2. The quantitative estimate of drug-likeness (QED) is 0.451. The molecular formula is C17H19F6N5. The minimum absolute atomic E-state index is 0.0462.